The minimum absolute atomic E-state index is 0.832. The number of unbranched alkanes of at least 4 members (excludes halogenated alkanes) is 1. The average molecular weight is 250 g/mol. The number of hydrogen-bond donors (Lipinski definition) is 1. The van der Waals surface area contributed by atoms with E-state index < -0.39 is 0 Å². The van der Waals surface area contributed by atoms with Gasteiger partial charge in [-0.3, -0.25) is 0 Å². The zero-order valence-electron chi connectivity index (χ0n) is 11.0. The molecule has 94 valence electrons. The minimum Gasteiger partial charge on any atom is -0.363 e. The molecule has 1 aromatic rings. The van der Waals surface area contributed by atoms with Crippen molar-refractivity contribution in [3.63, 3.8) is 0 Å². The van der Waals surface area contributed by atoms with E-state index in [1.54, 1.807) is 0 Å². The number of nitrogens with one attached hydrogen (secondary N) is 1. The van der Waals surface area contributed by atoms with Gasteiger partial charge in [0.1, 0.15) is 0 Å². The monoisotopic (exact) mass is 250 g/mol. The third-order valence-corrected chi connectivity index (χ3v) is 3.15. The van der Waals surface area contributed by atoms with E-state index in [2.05, 4.69) is 48.3 Å². The lowest BCUT2D eigenvalue weighted by atomic mass is 10.1. The van der Waals surface area contributed by atoms with Gasteiger partial charge in [-0.05, 0) is 31.1 Å². The predicted octanol–water partition coefficient (Wildman–Crippen LogP) is 3.10. The fraction of sp³-hybridized carbons (Fsp3) is 0.500. The van der Waals surface area contributed by atoms with Gasteiger partial charge in [-0.1, -0.05) is 43.2 Å². The van der Waals surface area contributed by atoms with Crippen LogP contribution in [-0.4, -0.2) is 23.6 Å². The van der Waals surface area contributed by atoms with Gasteiger partial charge in [0.25, 0.3) is 0 Å². The van der Waals surface area contributed by atoms with E-state index in [-0.39, 0.29) is 0 Å². The summed E-state index contributed by atoms with van der Waals surface area (Å²) in [6, 6.07) is 8.58. The van der Waals surface area contributed by atoms with Crippen LogP contribution in [0, 0.1) is 6.92 Å². The van der Waals surface area contributed by atoms with Gasteiger partial charge in [-0.25, -0.2) is 0 Å². The molecule has 0 bridgehead atoms. The van der Waals surface area contributed by atoms with E-state index in [4.69, 9.17) is 12.2 Å². The van der Waals surface area contributed by atoms with Crippen molar-refractivity contribution in [2.75, 3.05) is 13.6 Å². The summed E-state index contributed by atoms with van der Waals surface area (Å²) in [5.74, 6) is 0. The minimum atomic E-state index is 0.832. The average Bonchev–Trinajstić information content (AvgIpc) is 2.32. The summed E-state index contributed by atoms with van der Waals surface area (Å²) in [6.45, 7) is 6.11. The predicted molar refractivity (Wildman–Crippen MR) is 78.2 cm³/mol. The van der Waals surface area contributed by atoms with E-state index >= 15 is 0 Å². The summed E-state index contributed by atoms with van der Waals surface area (Å²) in [5.41, 5.74) is 2.58. The maximum Gasteiger partial charge on any atom is 0.168 e. The molecule has 0 radical (unpaired) electrons. The zero-order chi connectivity index (χ0) is 12.7. The molecule has 0 amide bonds. The van der Waals surface area contributed by atoms with Crippen LogP contribution in [0.25, 0.3) is 0 Å². The van der Waals surface area contributed by atoms with Crippen molar-refractivity contribution in [2.45, 2.75) is 33.2 Å². The van der Waals surface area contributed by atoms with Crippen LogP contribution in [0.4, 0.5) is 0 Å². The molecule has 17 heavy (non-hydrogen) atoms. The van der Waals surface area contributed by atoms with Crippen LogP contribution in [0.15, 0.2) is 24.3 Å². The molecule has 0 aliphatic carbocycles. The first-order valence-electron chi connectivity index (χ1n) is 6.18. The summed E-state index contributed by atoms with van der Waals surface area (Å²) >= 11 is 5.33. The summed E-state index contributed by atoms with van der Waals surface area (Å²) in [6.07, 6.45) is 2.36. The molecule has 0 aliphatic heterocycles. The topological polar surface area (TPSA) is 15.3 Å². The van der Waals surface area contributed by atoms with E-state index in [1.165, 1.54) is 24.0 Å². The van der Waals surface area contributed by atoms with Crippen LogP contribution in [0.3, 0.4) is 0 Å². The molecule has 2 nitrogen and oxygen atoms in total. The highest BCUT2D eigenvalue weighted by Crippen LogP contribution is 2.05. The smallest absolute Gasteiger partial charge is 0.168 e. The Labute approximate surface area is 110 Å². The van der Waals surface area contributed by atoms with Crippen molar-refractivity contribution in [3.8, 4) is 0 Å². The summed E-state index contributed by atoms with van der Waals surface area (Å²) in [7, 11) is 2.03. The molecule has 0 saturated heterocycles. The van der Waals surface area contributed by atoms with Crippen LogP contribution < -0.4 is 5.32 Å². The van der Waals surface area contributed by atoms with E-state index in [9.17, 15) is 0 Å². The van der Waals surface area contributed by atoms with Crippen molar-refractivity contribution >= 4 is 17.3 Å². The van der Waals surface area contributed by atoms with Crippen LogP contribution in [0.1, 0.15) is 30.9 Å². The number of benzene rings is 1. The number of nitrogens with zero attached hydrogens (tertiary/aromatic N) is 1. The Morgan fingerprint density at radius 2 is 1.94 bits per heavy atom. The number of rotatable bonds is 5. The highest BCUT2D eigenvalue weighted by Gasteiger charge is 2.03. The molecular weight excluding hydrogens is 228 g/mol. The lowest BCUT2D eigenvalue weighted by Crippen LogP contribution is -2.36. The largest absolute Gasteiger partial charge is 0.363 e. The maximum atomic E-state index is 5.33. The molecule has 0 aliphatic rings. The lowest BCUT2D eigenvalue weighted by Gasteiger charge is -2.21. The SMILES string of the molecule is CCCCNC(=S)N(C)Cc1ccc(C)cc1. The Morgan fingerprint density at radius 1 is 1.29 bits per heavy atom. The van der Waals surface area contributed by atoms with Gasteiger partial charge in [0, 0.05) is 20.1 Å². The second-order valence-corrected chi connectivity index (χ2v) is 4.81. The van der Waals surface area contributed by atoms with Gasteiger partial charge in [0.15, 0.2) is 5.11 Å². The quantitative estimate of drug-likeness (QED) is 0.638. The van der Waals surface area contributed by atoms with E-state index in [0.29, 0.717) is 0 Å². The Balaban J connectivity index is 2.40. The van der Waals surface area contributed by atoms with Crippen molar-refractivity contribution in [3.05, 3.63) is 35.4 Å². The van der Waals surface area contributed by atoms with E-state index in [1.807, 2.05) is 7.05 Å². The molecule has 1 aromatic carbocycles. The molecule has 0 heterocycles. The standard InChI is InChI=1S/C14H22N2S/c1-4-5-10-15-14(17)16(3)11-13-8-6-12(2)7-9-13/h6-9H,4-5,10-11H2,1-3H3,(H,15,17). The number of thiocarbonyl (C=S) groups is 1. The van der Waals surface area contributed by atoms with Crippen molar-refractivity contribution in [2.24, 2.45) is 0 Å². The Morgan fingerprint density at radius 3 is 2.53 bits per heavy atom. The van der Waals surface area contributed by atoms with Gasteiger partial charge in [-0.2, -0.15) is 0 Å². The van der Waals surface area contributed by atoms with Gasteiger partial charge in [-0.15, -0.1) is 0 Å². The van der Waals surface area contributed by atoms with Crippen molar-refractivity contribution in [1.29, 1.82) is 0 Å². The molecule has 0 aromatic heterocycles. The third kappa shape index (κ3) is 5.18. The van der Waals surface area contributed by atoms with Crippen LogP contribution in [-0.2, 0) is 6.54 Å². The first-order valence-corrected chi connectivity index (χ1v) is 6.59. The Kier molecular flexibility index (Phi) is 5.98. The molecular formula is C14H22N2S. The van der Waals surface area contributed by atoms with E-state index in [0.717, 1.165) is 18.2 Å². The molecule has 0 fully saturated rings. The second kappa shape index (κ2) is 7.28. The molecule has 1 N–H and O–H groups in total. The van der Waals surface area contributed by atoms with Crippen LogP contribution in [0.2, 0.25) is 0 Å². The molecule has 0 spiro atoms. The second-order valence-electron chi connectivity index (χ2n) is 4.43. The summed E-state index contributed by atoms with van der Waals surface area (Å²) in [4.78, 5) is 2.08. The molecule has 1 rings (SSSR count). The highest BCUT2D eigenvalue weighted by atomic mass is 32.1. The molecule has 0 unspecified atom stereocenters. The van der Waals surface area contributed by atoms with Gasteiger partial charge < -0.3 is 10.2 Å². The van der Waals surface area contributed by atoms with Gasteiger partial charge in [0.05, 0.1) is 0 Å². The zero-order valence-corrected chi connectivity index (χ0v) is 11.8. The van der Waals surface area contributed by atoms with Crippen LogP contribution >= 0.6 is 12.2 Å². The first-order chi connectivity index (χ1) is 8.13. The fourth-order valence-electron chi connectivity index (χ4n) is 1.55. The van der Waals surface area contributed by atoms with Gasteiger partial charge >= 0.3 is 0 Å². The third-order valence-electron chi connectivity index (χ3n) is 2.69. The number of hydrogen-bond acceptors (Lipinski definition) is 1. The normalized spacial score (nSPS) is 10.1. The van der Waals surface area contributed by atoms with Crippen LogP contribution in [0.5, 0.6) is 0 Å². The molecule has 0 saturated carbocycles. The first kappa shape index (κ1) is 14.0. The maximum absolute atomic E-state index is 5.33. The highest BCUT2D eigenvalue weighted by molar-refractivity contribution is 7.80. The number of aryl methyl sites for hydroxylation is 1. The summed E-state index contributed by atoms with van der Waals surface area (Å²) < 4.78 is 0. The van der Waals surface area contributed by atoms with Crippen molar-refractivity contribution < 1.29 is 0 Å². The van der Waals surface area contributed by atoms with Gasteiger partial charge in [0.2, 0.25) is 0 Å². The Bertz CT molecular complexity index is 346. The Hall–Kier alpha value is -1.09. The van der Waals surface area contributed by atoms with Crippen molar-refractivity contribution in [1.82, 2.24) is 10.2 Å². The molecule has 0 atom stereocenters. The fourth-order valence-corrected chi connectivity index (χ4v) is 1.71. The molecule has 3 heteroatoms. The lowest BCUT2D eigenvalue weighted by molar-refractivity contribution is 0.487. The summed E-state index contributed by atoms with van der Waals surface area (Å²) in [5, 5.41) is 4.10.